The number of benzene rings is 2. The summed E-state index contributed by atoms with van der Waals surface area (Å²) in [4.78, 5) is 17.0. The normalized spacial score (nSPS) is 13.5. The third kappa shape index (κ3) is 3.10. The fourth-order valence-corrected chi connectivity index (χ4v) is 3.27. The number of para-hydroxylation sites is 1. The van der Waals surface area contributed by atoms with E-state index in [1.54, 1.807) is 12.3 Å². The first-order chi connectivity index (χ1) is 12.2. The smallest absolute Gasteiger partial charge is 0.251 e. The maximum Gasteiger partial charge on any atom is 0.251 e. The summed E-state index contributed by atoms with van der Waals surface area (Å²) in [6.45, 7) is 1.61. The predicted molar refractivity (Wildman–Crippen MR) is 94.7 cm³/mol. The Morgan fingerprint density at radius 2 is 2.08 bits per heavy atom. The van der Waals surface area contributed by atoms with Crippen LogP contribution < -0.4 is 10.6 Å². The van der Waals surface area contributed by atoms with Crippen molar-refractivity contribution in [2.75, 3.05) is 6.54 Å². The summed E-state index contributed by atoms with van der Waals surface area (Å²) in [5.41, 5.74) is 3.84. The van der Waals surface area contributed by atoms with Crippen LogP contribution in [0.2, 0.25) is 0 Å². The van der Waals surface area contributed by atoms with E-state index in [-0.39, 0.29) is 11.7 Å². The Labute approximate surface area is 145 Å². The lowest BCUT2D eigenvalue weighted by atomic mass is 9.94. The minimum atomic E-state index is -0.252. The van der Waals surface area contributed by atoms with Gasteiger partial charge in [0, 0.05) is 35.8 Å². The molecule has 1 aromatic heterocycles. The maximum atomic E-state index is 13.9. The molecule has 2 N–H and O–H groups in total. The van der Waals surface area contributed by atoms with Crippen LogP contribution >= 0.6 is 0 Å². The van der Waals surface area contributed by atoms with Gasteiger partial charge in [-0.2, -0.15) is 0 Å². The van der Waals surface area contributed by atoms with Crippen LogP contribution in [0, 0.1) is 5.82 Å². The molecule has 126 valence electrons. The zero-order chi connectivity index (χ0) is 17.2. The lowest BCUT2D eigenvalue weighted by Crippen LogP contribution is -2.30. The SMILES string of the molecule is O=C(NCc1cnc2ccccc2c1)c1ccc(F)c2c1CCNC2. The molecule has 0 aliphatic carbocycles. The van der Waals surface area contributed by atoms with Crippen LogP contribution in [0.25, 0.3) is 10.9 Å². The van der Waals surface area contributed by atoms with Crippen LogP contribution in [0.3, 0.4) is 0 Å². The van der Waals surface area contributed by atoms with Gasteiger partial charge in [0.2, 0.25) is 0 Å². The second-order valence-electron chi connectivity index (χ2n) is 6.20. The van der Waals surface area contributed by atoms with Gasteiger partial charge in [-0.25, -0.2) is 4.39 Å². The lowest BCUT2D eigenvalue weighted by Gasteiger charge is -2.20. The molecule has 0 atom stereocenters. The summed E-state index contributed by atoms with van der Waals surface area (Å²) in [5.74, 6) is -0.427. The van der Waals surface area contributed by atoms with Crippen molar-refractivity contribution < 1.29 is 9.18 Å². The molecule has 0 spiro atoms. The molecule has 1 amide bonds. The number of hydrogen-bond acceptors (Lipinski definition) is 3. The van der Waals surface area contributed by atoms with Gasteiger partial charge in [0.05, 0.1) is 5.52 Å². The molecule has 5 heteroatoms. The van der Waals surface area contributed by atoms with Gasteiger partial charge in [0.15, 0.2) is 0 Å². The van der Waals surface area contributed by atoms with Crippen LogP contribution in [0.4, 0.5) is 4.39 Å². The van der Waals surface area contributed by atoms with E-state index in [0.29, 0.717) is 30.6 Å². The summed E-state index contributed by atoms with van der Waals surface area (Å²) < 4.78 is 13.9. The highest BCUT2D eigenvalue weighted by Crippen LogP contribution is 2.22. The van der Waals surface area contributed by atoms with Gasteiger partial charge in [-0.3, -0.25) is 9.78 Å². The second-order valence-corrected chi connectivity index (χ2v) is 6.20. The molecule has 0 unspecified atom stereocenters. The lowest BCUT2D eigenvalue weighted by molar-refractivity contribution is 0.0949. The molecule has 0 fully saturated rings. The molecular weight excluding hydrogens is 317 g/mol. The van der Waals surface area contributed by atoms with Gasteiger partial charge in [0.25, 0.3) is 5.91 Å². The molecule has 25 heavy (non-hydrogen) atoms. The Morgan fingerprint density at radius 1 is 1.20 bits per heavy atom. The third-order valence-corrected chi connectivity index (χ3v) is 4.57. The Bertz CT molecular complexity index is 955. The molecule has 0 saturated heterocycles. The van der Waals surface area contributed by atoms with Gasteiger partial charge in [-0.05, 0) is 48.4 Å². The number of halogens is 1. The number of nitrogens with one attached hydrogen (secondary N) is 2. The van der Waals surface area contributed by atoms with E-state index < -0.39 is 0 Å². The Hall–Kier alpha value is -2.79. The van der Waals surface area contributed by atoms with E-state index in [9.17, 15) is 9.18 Å². The van der Waals surface area contributed by atoms with Crippen molar-refractivity contribution in [2.45, 2.75) is 19.5 Å². The molecule has 1 aliphatic heterocycles. The van der Waals surface area contributed by atoms with Crippen molar-refractivity contribution in [3.63, 3.8) is 0 Å². The molecule has 2 aromatic carbocycles. The van der Waals surface area contributed by atoms with E-state index in [1.807, 2.05) is 30.3 Å². The highest BCUT2D eigenvalue weighted by molar-refractivity contribution is 5.96. The summed E-state index contributed by atoms with van der Waals surface area (Å²) in [7, 11) is 0. The van der Waals surface area contributed by atoms with Crippen LogP contribution in [0.5, 0.6) is 0 Å². The molecule has 4 rings (SSSR count). The van der Waals surface area contributed by atoms with Crippen molar-refractivity contribution in [3.8, 4) is 0 Å². The fourth-order valence-electron chi connectivity index (χ4n) is 3.27. The monoisotopic (exact) mass is 335 g/mol. The molecule has 3 aromatic rings. The van der Waals surface area contributed by atoms with Crippen LogP contribution in [-0.2, 0) is 19.5 Å². The van der Waals surface area contributed by atoms with E-state index >= 15 is 0 Å². The molecule has 1 aliphatic rings. The van der Waals surface area contributed by atoms with Crippen LogP contribution in [0.15, 0.2) is 48.7 Å². The molecular formula is C20H18FN3O. The standard InChI is InChI=1S/C20H18FN3O/c21-18-6-5-16(15-7-8-22-12-17(15)18)20(25)24-11-13-9-14-3-1-2-4-19(14)23-10-13/h1-6,9-10,22H,7-8,11-12H2,(H,24,25). The average Bonchev–Trinajstić information content (AvgIpc) is 2.66. The molecule has 4 nitrogen and oxygen atoms in total. The average molecular weight is 335 g/mol. The number of rotatable bonds is 3. The largest absolute Gasteiger partial charge is 0.348 e. The number of hydrogen-bond donors (Lipinski definition) is 2. The summed E-state index contributed by atoms with van der Waals surface area (Å²) in [5, 5.41) is 7.11. The number of carbonyl (C=O) groups excluding carboxylic acids is 1. The highest BCUT2D eigenvalue weighted by Gasteiger charge is 2.20. The van der Waals surface area contributed by atoms with E-state index in [0.717, 1.165) is 28.6 Å². The van der Waals surface area contributed by atoms with Crippen molar-refractivity contribution in [1.29, 1.82) is 0 Å². The minimum absolute atomic E-state index is 0.175. The quantitative estimate of drug-likeness (QED) is 0.774. The first-order valence-electron chi connectivity index (χ1n) is 8.35. The van der Waals surface area contributed by atoms with Gasteiger partial charge >= 0.3 is 0 Å². The minimum Gasteiger partial charge on any atom is -0.348 e. The summed E-state index contributed by atoms with van der Waals surface area (Å²) in [6, 6.07) is 12.8. The van der Waals surface area contributed by atoms with E-state index in [4.69, 9.17) is 0 Å². The first-order valence-corrected chi connectivity index (χ1v) is 8.35. The van der Waals surface area contributed by atoms with Crippen molar-refractivity contribution in [1.82, 2.24) is 15.6 Å². The molecule has 0 bridgehead atoms. The van der Waals surface area contributed by atoms with Crippen molar-refractivity contribution in [3.05, 3.63) is 76.7 Å². The Morgan fingerprint density at radius 3 is 3.00 bits per heavy atom. The Balaban J connectivity index is 1.54. The predicted octanol–water partition coefficient (Wildman–Crippen LogP) is 2.95. The van der Waals surface area contributed by atoms with Gasteiger partial charge in [-0.15, -0.1) is 0 Å². The van der Waals surface area contributed by atoms with Crippen LogP contribution in [0.1, 0.15) is 27.0 Å². The maximum absolute atomic E-state index is 13.9. The summed E-state index contributed by atoms with van der Waals surface area (Å²) in [6.07, 6.45) is 2.43. The topological polar surface area (TPSA) is 54.0 Å². The fraction of sp³-hybridized carbons (Fsp3) is 0.200. The van der Waals surface area contributed by atoms with E-state index in [2.05, 4.69) is 15.6 Å². The molecule has 0 saturated carbocycles. The van der Waals surface area contributed by atoms with Gasteiger partial charge < -0.3 is 10.6 Å². The number of aromatic nitrogens is 1. The Kier molecular flexibility index (Phi) is 4.15. The number of carbonyl (C=O) groups is 1. The number of fused-ring (bicyclic) bond motifs is 2. The zero-order valence-electron chi connectivity index (χ0n) is 13.7. The number of pyridine rings is 1. The number of nitrogens with zero attached hydrogens (tertiary/aromatic N) is 1. The highest BCUT2D eigenvalue weighted by atomic mass is 19.1. The first kappa shape index (κ1) is 15.7. The van der Waals surface area contributed by atoms with E-state index in [1.165, 1.54) is 6.07 Å². The molecule has 2 heterocycles. The van der Waals surface area contributed by atoms with Crippen LogP contribution in [-0.4, -0.2) is 17.4 Å². The van der Waals surface area contributed by atoms with Crippen molar-refractivity contribution >= 4 is 16.8 Å². The third-order valence-electron chi connectivity index (χ3n) is 4.57. The van der Waals surface area contributed by atoms with Gasteiger partial charge in [0.1, 0.15) is 5.82 Å². The summed E-state index contributed by atoms with van der Waals surface area (Å²) >= 11 is 0. The zero-order valence-corrected chi connectivity index (χ0v) is 13.7. The number of amides is 1. The molecule has 0 radical (unpaired) electrons. The van der Waals surface area contributed by atoms with Gasteiger partial charge in [-0.1, -0.05) is 18.2 Å². The second kappa shape index (κ2) is 6.61. The van der Waals surface area contributed by atoms with Crippen molar-refractivity contribution in [2.24, 2.45) is 0 Å².